The first-order chi connectivity index (χ1) is 12.5. The van der Waals surface area contributed by atoms with Gasteiger partial charge in [0.1, 0.15) is 36.3 Å². The van der Waals surface area contributed by atoms with Crippen LogP contribution in [0.2, 0.25) is 0 Å². The summed E-state index contributed by atoms with van der Waals surface area (Å²) in [6, 6.07) is 0. The molecule has 7 atom stereocenters. The van der Waals surface area contributed by atoms with Gasteiger partial charge in [0.25, 0.3) is 0 Å². The molecular weight excluding hydrogens is 345 g/mol. The Kier molecular flexibility index (Phi) is 4.51. The zero-order valence-corrected chi connectivity index (χ0v) is 14.3. The van der Waals surface area contributed by atoms with Crippen LogP contribution in [0.15, 0.2) is 12.7 Å². The van der Waals surface area contributed by atoms with Gasteiger partial charge >= 0.3 is 0 Å². The number of hydrogen-bond acceptors (Lipinski definition) is 8. The number of aliphatic hydroxyl groups is 2. The second-order valence-electron chi connectivity index (χ2n) is 6.87. The lowest BCUT2D eigenvalue weighted by Gasteiger charge is -2.30. The van der Waals surface area contributed by atoms with Crippen LogP contribution in [0.3, 0.4) is 0 Å². The van der Waals surface area contributed by atoms with E-state index < -0.39 is 36.8 Å². The van der Waals surface area contributed by atoms with Gasteiger partial charge in [0, 0.05) is 13.0 Å². The number of anilines is 1. The molecule has 4 rings (SSSR count). The molecule has 142 valence electrons. The number of aliphatic hydroxyl groups excluding tert-OH is 2. The second kappa shape index (κ2) is 6.69. The first-order valence-electron chi connectivity index (χ1n) is 8.64. The van der Waals surface area contributed by atoms with Crippen molar-refractivity contribution in [1.29, 1.82) is 0 Å². The third kappa shape index (κ3) is 2.64. The zero-order chi connectivity index (χ0) is 18.4. The van der Waals surface area contributed by atoms with Crippen LogP contribution in [0.5, 0.6) is 0 Å². The number of hydrogen-bond donors (Lipinski definition) is 3. The molecule has 1 saturated heterocycles. The first kappa shape index (κ1) is 17.5. The predicted molar refractivity (Wildman–Crippen MR) is 88.7 cm³/mol. The Morgan fingerprint density at radius 1 is 1.31 bits per heavy atom. The van der Waals surface area contributed by atoms with Crippen LogP contribution >= 0.6 is 0 Å². The molecule has 1 aliphatic heterocycles. The normalized spacial score (nSPS) is 36.0. The highest BCUT2D eigenvalue weighted by Crippen LogP contribution is 2.40. The van der Waals surface area contributed by atoms with E-state index in [0.29, 0.717) is 24.0 Å². The van der Waals surface area contributed by atoms with E-state index in [4.69, 9.17) is 15.2 Å². The third-order valence-electron chi connectivity index (χ3n) is 5.44. The molecule has 0 radical (unpaired) electrons. The molecule has 1 saturated carbocycles. The number of alkyl halides is 1. The summed E-state index contributed by atoms with van der Waals surface area (Å²) in [5.41, 5.74) is 6.54. The van der Waals surface area contributed by atoms with Crippen LogP contribution < -0.4 is 5.73 Å². The van der Waals surface area contributed by atoms with Gasteiger partial charge < -0.3 is 25.4 Å². The molecule has 26 heavy (non-hydrogen) atoms. The van der Waals surface area contributed by atoms with Gasteiger partial charge in [-0.05, 0) is 12.8 Å². The average Bonchev–Trinajstić information content (AvgIpc) is 3.31. The molecular formula is C16H22FN5O4. The van der Waals surface area contributed by atoms with Crippen LogP contribution in [0.4, 0.5) is 10.2 Å². The van der Waals surface area contributed by atoms with Crippen LogP contribution in [-0.2, 0) is 9.47 Å². The molecule has 1 unspecified atom stereocenters. The minimum Gasteiger partial charge on any atom is -0.387 e. The number of fused-ring (bicyclic) bond motifs is 1. The van der Waals surface area contributed by atoms with Gasteiger partial charge in [0.2, 0.25) is 0 Å². The minimum atomic E-state index is -1.24. The predicted octanol–water partition coefficient (Wildman–Crippen LogP) is 0.181. The van der Waals surface area contributed by atoms with Crippen molar-refractivity contribution in [3.05, 3.63) is 12.7 Å². The topological polar surface area (TPSA) is 129 Å². The molecule has 2 aromatic heterocycles. The molecule has 1 aliphatic carbocycles. The van der Waals surface area contributed by atoms with Crippen molar-refractivity contribution < 1.29 is 24.1 Å². The summed E-state index contributed by atoms with van der Waals surface area (Å²) in [4.78, 5) is 12.2. The number of nitrogen functional groups attached to an aromatic ring is 1. The lowest BCUT2D eigenvalue weighted by Crippen LogP contribution is -2.45. The molecule has 0 aromatic carbocycles. The number of nitrogens with two attached hydrogens (primary N) is 1. The average molecular weight is 367 g/mol. The summed E-state index contributed by atoms with van der Waals surface area (Å²) in [6.45, 7) is 0. The molecule has 2 fully saturated rings. The molecule has 0 amide bonds. The van der Waals surface area contributed by atoms with Gasteiger partial charge in [-0.2, -0.15) is 0 Å². The number of imidazole rings is 1. The van der Waals surface area contributed by atoms with Crippen LogP contribution in [0.1, 0.15) is 25.5 Å². The maximum Gasteiger partial charge on any atom is 0.167 e. The molecule has 3 heterocycles. The fourth-order valence-corrected chi connectivity index (χ4v) is 4.11. The Labute approximate surface area is 149 Å². The molecule has 0 bridgehead atoms. The van der Waals surface area contributed by atoms with Gasteiger partial charge in [-0.1, -0.05) is 6.42 Å². The van der Waals surface area contributed by atoms with Crippen LogP contribution in [0, 0.1) is 5.92 Å². The van der Waals surface area contributed by atoms with Crippen LogP contribution in [-0.4, -0.2) is 67.4 Å². The Hall–Kier alpha value is -1.88. The quantitative estimate of drug-likeness (QED) is 0.698. The van der Waals surface area contributed by atoms with E-state index in [1.807, 2.05) is 0 Å². The molecule has 9 nitrogen and oxygen atoms in total. The monoisotopic (exact) mass is 367 g/mol. The highest BCUT2D eigenvalue weighted by molar-refractivity contribution is 5.81. The van der Waals surface area contributed by atoms with Gasteiger partial charge in [-0.25, -0.2) is 19.3 Å². The van der Waals surface area contributed by atoms with E-state index in [-0.39, 0.29) is 11.7 Å². The first-order valence-corrected chi connectivity index (χ1v) is 8.64. The van der Waals surface area contributed by atoms with Crippen molar-refractivity contribution in [1.82, 2.24) is 19.5 Å². The Morgan fingerprint density at radius 2 is 2.12 bits per heavy atom. The van der Waals surface area contributed by atoms with E-state index in [1.165, 1.54) is 24.3 Å². The summed E-state index contributed by atoms with van der Waals surface area (Å²) >= 11 is 0. The SMILES string of the molecule is COC([C@H]1O[C@@H](n2cnc3c(N)ncnc32)[C@H](O)[C@@H]1O)[C@@H]1CCC[C@@H]1F. The van der Waals surface area contributed by atoms with Gasteiger partial charge in [0.05, 0.1) is 12.4 Å². The summed E-state index contributed by atoms with van der Waals surface area (Å²) in [6.07, 6.45) is -1.33. The third-order valence-corrected chi connectivity index (χ3v) is 5.44. The number of halogens is 1. The van der Waals surface area contributed by atoms with E-state index in [1.54, 1.807) is 0 Å². The summed E-state index contributed by atoms with van der Waals surface area (Å²) in [7, 11) is 1.46. The van der Waals surface area contributed by atoms with E-state index in [0.717, 1.165) is 6.42 Å². The second-order valence-corrected chi connectivity index (χ2v) is 6.87. The maximum atomic E-state index is 14.2. The van der Waals surface area contributed by atoms with E-state index in [2.05, 4.69) is 15.0 Å². The summed E-state index contributed by atoms with van der Waals surface area (Å²) in [5.74, 6) is -0.164. The molecule has 10 heteroatoms. The van der Waals surface area contributed by atoms with Crippen molar-refractivity contribution in [2.75, 3.05) is 12.8 Å². The standard InChI is InChI=1S/C16H22FN5O4/c1-25-12(7-3-2-4-8(7)17)13-10(23)11(24)16(26-13)22-6-21-9-14(18)19-5-20-15(9)22/h5-8,10-13,16,23-24H,2-4H2,1H3,(H2,18,19,20)/t7-,8+,10+,11-,12?,13+,16-/m1/s1. The highest BCUT2D eigenvalue weighted by Gasteiger charge is 2.51. The van der Waals surface area contributed by atoms with Gasteiger partial charge in [-0.15, -0.1) is 0 Å². The van der Waals surface area contributed by atoms with Crippen molar-refractivity contribution in [2.45, 2.75) is 56.1 Å². The van der Waals surface area contributed by atoms with E-state index in [9.17, 15) is 14.6 Å². The summed E-state index contributed by atoms with van der Waals surface area (Å²) < 4.78 is 27.1. The molecule has 2 aromatic rings. The van der Waals surface area contributed by atoms with Crippen molar-refractivity contribution >= 4 is 17.0 Å². The fraction of sp³-hybridized carbons (Fsp3) is 0.688. The number of aromatic nitrogens is 4. The Morgan fingerprint density at radius 3 is 2.81 bits per heavy atom. The Balaban J connectivity index is 1.64. The minimum absolute atomic E-state index is 0.208. The van der Waals surface area contributed by atoms with Crippen LogP contribution in [0.25, 0.3) is 11.2 Å². The number of methoxy groups -OCH3 is 1. The maximum absolute atomic E-state index is 14.2. The fourth-order valence-electron chi connectivity index (χ4n) is 4.11. The lowest BCUT2D eigenvalue weighted by molar-refractivity contribution is -0.120. The van der Waals surface area contributed by atoms with Crippen molar-refractivity contribution in [2.24, 2.45) is 5.92 Å². The Bertz CT molecular complexity index is 789. The largest absolute Gasteiger partial charge is 0.387 e. The van der Waals surface area contributed by atoms with Crippen molar-refractivity contribution in [3.63, 3.8) is 0 Å². The number of ether oxygens (including phenoxy) is 2. The number of rotatable bonds is 4. The van der Waals surface area contributed by atoms with E-state index >= 15 is 0 Å². The van der Waals surface area contributed by atoms with Gasteiger partial charge in [-0.3, -0.25) is 4.57 Å². The molecule has 0 spiro atoms. The summed E-state index contributed by atoms with van der Waals surface area (Å²) in [5, 5.41) is 21.1. The highest BCUT2D eigenvalue weighted by atomic mass is 19.1. The zero-order valence-electron chi connectivity index (χ0n) is 14.3. The molecule has 4 N–H and O–H groups in total. The smallest absolute Gasteiger partial charge is 0.167 e. The van der Waals surface area contributed by atoms with Gasteiger partial charge in [0.15, 0.2) is 17.7 Å². The lowest BCUT2D eigenvalue weighted by atomic mass is 9.92. The van der Waals surface area contributed by atoms with Crippen molar-refractivity contribution in [3.8, 4) is 0 Å². The number of nitrogens with zero attached hydrogens (tertiary/aromatic N) is 4. The molecule has 2 aliphatic rings.